The van der Waals surface area contributed by atoms with Gasteiger partial charge in [-0.05, 0) is 42.5 Å². The second kappa shape index (κ2) is 7.84. The minimum absolute atomic E-state index is 0.0285. The van der Waals surface area contributed by atoms with E-state index in [9.17, 15) is 9.18 Å². The summed E-state index contributed by atoms with van der Waals surface area (Å²) in [5.74, 6) is 1.76. The molecule has 2 aromatic carbocycles. The zero-order chi connectivity index (χ0) is 19.5. The largest absolute Gasteiger partial charge is 0.384 e. The summed E-state index contributed by atoms with van der Waals surface area (Å²) < 4.78 is 13.9. The lowest BCUT2D eigenvalue weighted by Gasteiger charge is -2.31. The summed E-state index contributed by atoms with van der Waals surface area (Å²) in [6, 6.07) is 13.8. The molecule has 0 saturated carbocycles. The number of nitrogens with one attached hydrogen (secondary N) is 1. The number of hydrogen-bond donors (Lipinski definition) is 2. The van der Waals surface area contributed by atoms with Crippen molar-refractivity contribution in [3.63, 3.8) is 0 Å². The first-order valence-electron chi connectivity index (χ1n) is 9.54. The van der Waals surface area contributed by atoms with Crippen LogP contribution in [0.1, 0.15) is 29.0 Å². The second-order valence-corrected chi connectivity index (χ2v) is 7.28. The van der Waals surface area contributed by atoms with Crippen LogP contribution in [0.15, 0.2) is 54.7 Å². The second-order valence-electron chi connectivity index (χ2n) is 7.28. The number of hydrogen-bond acceptors (Lipinski definition) is 3. The minimum Gasteiger partial charge on any atom is -0.384 e. The number of carbonyl (C=O) groups is 1. The zero-order valence-corrected chi connectivity index (χ0v) is 15.6. The molecule has 0 unspecified atom stereocenters. The summed E-state index contributed by atoms with van der Waals surface area (Å²) >= 11 is 0. The molecule has 4 rings (SSSR count). The summed E-state index contributed by atoms with van der Waals surface area (Å²) in [4.78, 5) is 22.0. The van der Waals surface area contributed by atoms with E-state index >= 15 is 0 Å². The van der Waals surface area contributed by atoms with Crippen molar-refractivity contribution in [1.82, 2.24) is 14.9 Å². The Kier molecular flexibility index (Phi) is 5.10. The topological polar surface area (TPSA) is 75.0 Å². The maximum Gasteiger partial charge on any atom is 0.253 e. The SMILES string of the molecule is Nc1cnc(CC2CCN(C(=O)c3ccc(-c4ccccc4F)cc3)CC2)[nH]1. The quantitative estimate of drug-likeness (QED) is 0.723. The van der Waals surface area contributed by atoms with Crippen molar-refractivity contribution in [1.29, 1.82) is 0 Å². The molecule has 1 saturated heterocycles. The van der Waals surface area contributed by atoms with E-state index in [2.05, 4.69) is 9.97 Å². The number of anilines is 1. The zero-order valence-electron chi connectivity index (χ0n) is 15.6. The summed E-state index contributed by atoms with van der Waals surface area (Å²) in [6.45, 7) is 1.46. The third-order valence-electron chi connectivity index (χ3n) is 5.35. The molecule has 1 aliphatic heterocycles. The molecule has 0 aliphatic carbocycles. The van der Waals surface area contributed by atoms with Crippen LogP contribution in [0, 0.1) is 11.7 Å². The van der Waals surface area contributed by atoms with Gasteiger partial charge in [0.05, 0.1) is 6.20 Å². The Hall–Kier alpha value is -3.15. The first-order chi connectivity index (χ1) is 13.6. The normalized spacial score (nSPS) is 15.0. The summed E-state index contributed by atoms with van der Waals surface area (Å²) in [7, 11) is 0. The number of aromatic amines is 1. The lowest BCUT2D eigenvalue weighted by molar-refractivity contribution is 0.0690. The van der Waals surface area contributed by atoms with E-state index in [1.807, 2.05) is 4.90 Å². The molecule has 0 spiro atoms. The molecule has 28 heavy (non-hydrogen) atoms. The van der Waals surface area contributed by atoms with Gasteiger partial charge in [0.25, 0.3) is 5.91 Å². The van der Waals surface area contributed by atoms with Crippen LogP contribution in [0.4, 0.5) is 10.2 Å². The lowest BCUT2D eigenvalue weighted by atomic mass is 9.93. The van der Waals surface area contributed by atoms with Gasteiger partial charge >= 0.3 is 0 Å². The Morgan fingerprint density at radius 3 is 2.50 bits per heavy atom. The molecule has 0 bridgehead atoms. The predicted molar refractivity (Wildman–Crippen MR) is 107 cm³/mol. The van der Waals surface area contributed by atoms with Crippen LogP contribution in [-0.4, -0.2) is 33.9 Å². The van der Waals surface area contributed by atoms with Crippen LogP contribution < -0.4 is 5.73 Å². The van der Waals surface area contributed by atoms with Crippen LogP contribution in [-0.2, 0) is 6.42 Å². The van der Waals surface area contributed by atoms with Gasteiger partial charge in [-0.25, -0.2) is 9.37 Å². The number of nitrogens with two attached hydrogens (primary N) is 1. The van der Waals surface area contributed by atoms with Crippen molar-refractivity contribution < 1.29 is 9.18 Å². The molecular weight excluding hydrogens is 355 g/mol. The molecule has 0 atom stereocenters. The predicted octanol–water partition coefficient (Wildman–Crippen LogP) is 3.89. The standard InChI is InChI=1S/C22H23FN4O/c23-19-4-2-1-3-18(19)16-5-7-17(8-6-16)22(28)27-11-9-15(10-12-27)13-21-25-14-20(24)26-21/h1-8,14-15H,9-13,24H2,(H,25,26). The number of carbonyl (C=O) groups excluding carboxylic acids is 1. The fraction of sp³-hybridized carbons (Fsp3) is 0.273. The number of benzene rings is 2. The van der Waals surface area contributed by atoms with Crippen molar-refractivity contribution >= 4 is 11.7 Å². The fourth-order valence-corrected chi connectivity index (χ4v) is 3.77. The molecule has 2 heterocycles. The number of rotatable bonds is 4. The smallest absolute Gasteiger partial charge is 0.253 e. The minimum atomic E-state index is -0.262. The number of amides is 1. The van der Waals surface area contributed by atoms with E-state index in [0.717, 1.165) is 43.7 Å². The Bertz CT molecular complexity index is 959. The average Bonchev–Trinajstić information content (AvgIpc) is 3.13. The van der Waals surface area contributed by atoms with E-state index in [0.29, 0.717) is 22.9 Å². The van der Waals surface area contributed by atoms with Crippen molar-refractivity contribution in [3.05, 3.63) is 71.9 Å². The number of H-pyrrole nitrogens is 1. The van der Waals surface area contributed by atoms with Gasteiger partial charge in [-0.1, -0.05) is 30.3 Å². The van der Waals surface area contributed by atoms with E-state index in [1.54, 1.807) is 48.7 Å². The van der Waals surface area contributed by atoms with Gasteiger partial charge in [0, 0.05) is 30.6 Å². The molecule has 5 nitrogen and oxygen atoms in total. The molecular formula is C22H23FN4O. The van der Waals surface area contributed by atoms with E-state index in [1.165, 1.54) is 6.07 Å². The average molecular weight is 378 g/mol. The van der Waals surface area contributed by atoms with Crippen molar-refractivity contribution in [2.24, 2.45) is 5.92 Å². The highest BCUT2D eigenvalue weighted by Gasteiger charge is 2.24. The highest BCUT2D eigenvalue weighted by Crippen LogP contribution is 2.25. The fourth-order valence-electron chi connectivity index (χ4n) is 3.77. The number of nitrogen functional groups attached to an aromatic ring is 1. The van der Waals surface area contributed by atoms with Gasteiger partial charge < -0.3 is 15.6 Å². The van der Waals surface area contributed by atoms with Gasteiger partial charge in [-0.3, -0.25) is 4.79 Å². The number of imidazole rings is 1. The third kappa shape index (κ3) is 3.91. The summed E-state index contributed by atoms with van der Waals surface area (Å²) in [5, 5.41) is 0. The first-order valence-corrected chi connectivity index (χ1v) is 9.54. The molecule has 144 valence electrons. The van der Waals surface area contributed by atoms with Crippen LogP contribution in [0.3, 0.4) is 0 Å². The van der Waals surface area contributed by atoms with Gasteiger partial charge in [0.15, 0.2) is 0 Å². The highest BCUT2D eigenvalue weighted by atomic mass is 19.1. The number of likely N-dealkylation sites (tertiary alicyclic amines) is 1. The molecule has 6 heteroatoms. The molecule has 1 aromatic heterocycles. The lowest BCUT2D eigenvalue weighted by Crippen LogP contribution is -2.39. The van der Waals surface area contributed by atoms with Crippen LogP contribution in [0.2, 0.25) is 0 Å². The molecule has 0 radical (unpaired) electrons. The molecule has 3 N–H and O–H groups in total. The monoisotopic (exact) mass is 378 g/mol. The van der Waals surface area contributed by atoms with Crippen LogP contribution in [0.25, 0.3) is 11.1 Å². The molecule has 1 amide bonds. The molecule has 3 aromatic rings. The number of aromatic nitrogens is 2. The van der Waals surface area contributed by atoms with Gasteiger partial charge in [0.1, 0.15) is 17.5 Å². The van der Waals surface area contributed by atoms with Crippen LogP contribution in [0.5, 0.6) is 0 Å². The summed E-state index contributed by atoms with van der Waals surface area (Å²) in [5.41, 5.74) is 7.62. The van der Waals surface area contributed by atoms with Gasteiger partial charge in [-0.2, -0.15) is 0 Å². The van der Waals surface area contributed by atoms with Gasteiger partial charge in [0.2, 0.25) is 0 Å². The maximum absolute atomic E-state index is 13.9. The highest BCUT2D eigenvalue weighted by molar-refractivity contribution is 5.94. The number of piperidine rings is 1. The summed E-state index contributed by atoms with van der Waals surface area (Å²) in [6.07, 6.45) is 4.38. The van der Waals surface area contributed by atoms with E-state index in [-0.39, 0.29) is 11.7 Å². The maximum atomic E-state index is 13.9. The molecule has 1 aliphatic rings. The molecule has 1 fully saturated rings. The van der Waals surface area contributed by atoms with E-state index < -0.39 is 0 Å². The Morgan fingerprint density at radius 2 is 1.86 bits per heavy atom. The number of nitrogens with zero attached hydrogens (tertiary/aromatic N) is 2. The third-order valence-corrected chi connectivity index (χ3v) is 5.35. The van der Waals surface area contributed by atoms with E-state index in [4.69, 9.17) is 5.73 Å². The van der Waals surface area contributed by atoms with Crippen molar-refractivity contribution in [3.8, 4) is 11.1 Å². The number of halogens is 1. The first kappa shape index (κ1) is 18.2. The van der Waals surface area contributed by atoms with Gasteiger partial charge in [-0.15, -0.1) is 0 Å². The Labute approximate surface area is 163 Å². The van der Waals surface area contributed by atoms with Crippen LogP contribution >= 0.6 is 0 Å². The van der Waals surface area contributed by atoms with Crippen molar-refractivity contribution in [2.45, 2.75) is 19.3 Å². The van der Waals surface area contributed by atoms with Crippen molar-refractivity contribution in [2.75, 3.05) is 18.8 Å². The Balaban J connectivity index is 1.37. The Morgan fingerprint density at radius 1 is 1.14 bits per heavy atom.